The number of rotatable bonds is 6. The summed E-state index contributed by atoms with van der Waals surface area (Å²) >= 11 is 4.27. The van der Waals surface area contributed by atoms with Gasteiger partial charge in [0.05, 0.1) is 0 Å². The van der Waals surface area contributed by atoms with Gasteiger partial charge in [0.2, 0.25) is 0 Å². The minimum atomic E-state index is 0.779. The maximum atomic E-state index is 4.27. The number of thiol groups is 1. The highest BCUT2D eigenvalue weighted by Crippen LogP contribution is 2.44. The zero-order valence-electron chi connectivity index (χ0n) is 12.0. The molecule has 1 aliphatic carbocycles. The van der Waals surface area contributed by atoms with Crippen LogP contribution in [0.2, 0.25) is 0 Å². The Balaban J connectivity index is 1.58. The van der Waals surface area contributed by atoms with Gasteiger partial charge in [-0.05, 0) is 69.3 Å². The molecule has 0 atom stereocenters. The first-order valence-electron chi connectivity index (χ1n) is 8.18. The molecule has 0 unspecified atom stereocenters. The molecule has 18 heavy (non-hydrogen) atoms. The van der Waals surface area contributed by atoms with Crippen LogP contribution in [0.15, 0.2) is 0 Å². The predicted octanol–water partition coefficient (Wildman–Crippen LogP) is 4.52. The first kappa shape index (κ1) is 14.7. The van der Waals surface area contributed by atoms with Gasteiger partial charge in [0, 0.05) is 0 Å². The van der Waals surface area contributed by atoms with Crippen LogP contribution in [0, 0.1) is 5.41 Å². The topological polar surface area (TPSA) is 3.24 Å². The molecule has 2 rings (SSSR count). The van der Waals surface area contributed by atoms with Crippen molar-refractivity contribution in [2.75, 3.05) is 25.4 Å². The summed E-state index contributed by atoms with van der Waals surface area (Å²) < 4.78 is 0. The van der Waals surface area contributed by atoms with Crippen LogP contribution in [0.25, 0.3) is 0 Å². The van der Waals surface area contributed by atoms with Gasteiger partial charge in [-0.1, -0.05) is 32.1 Å². The van der Waals surface area contributed by atoms with Crippen LogP contribution in [-0.2, 0) is 0 Å². The summed E-state index contributed by atoms with van der Waals surface area (Å²) in [6.07, 6.45) is 16.0. The minimum Gasteiger partial charge on any atom is -0.303 e. The van der Waals surface area contributed by atoms with E-state index in [9.17, 15) is 0 Å². The quantitative estimate of drug-likeness (QED) is 0.548. The Morgan fingerprint density at radius 2 is 1.44 bits per heavy atom. The largest absolute Gasteiger partial charge is 0.303 e. The van der Waals surface area contributed by atoms with E-state index in [1.165, 1.54) is 90.3 Å². The summed E-state index contributed by atoms with van der Waals surface area (Å²) in [6, 6.07) is 0. The average molecular weight is 269 g/mol. The van der Waals surface area contributed by atoms with Gasteiger partial charge in [-0.15, -0.1) is 0 Å². The molecule has 0 amide bonds. The van der Waals surface area contributed by atoms with Crippen molar-refractivity contribution in [3.63, 3.8) is 0 Å². The Kier molecular flexibility index (Phi) is 6.37. The van der Waals surface area contributed by atoms with Crippen LogP contribution in [0.5, 0.6) is 0 Å². The van der Waals surface area contributed by atoms with E-state index in [1.54, 1.807) is 0 Å². The third-order valence-corrected chi connectivity index (χ3v) is 5.53. The lowest BCUT2D eigenvalue weighted by molar-refractivity contribution is 0.0670. The van der Waals surface area contributed by atoms with Gasteiger partial charge in [-0.25, -0.2) is 0 Å². The van der Waals surface area contributed by atoms with E-state index in [0.29, 0.717) is 0 Å². The molecule has 0 bridgehead atoms. The molecule has 0 aromatic rings. The molecule has 0 aromatic heterocycles. The van der Waals surface area contributed by atoms with Crippen LogP contribution in [-0.4, -0.2) is 30.3 Å². The first-order valence-corrected chi connectivity index (χ1v) is 8.81. The number of nitrogens with zero attached hydrogens (tertiary/aromatic N) is 1. The molecule has 106 valence electrons. The molecule has 2 fully saturated rings. The van der Waals surface area contributed by atoms with E-state index in [2.05, 4.69) is 17.5 Å². The lowest BCUT2D eigenvalue weighted by Gasteiger charge is -2.44. The second-order valence-electron chi connectivity index (χ2n) is 6.54. The summed E-state index contributed by atoms with van der Waals surface area (Å²) in [7, 11) is 0. The van der Waals surface area contributed by atoms with Crippen molar-refractivity contribution in [3.8, 4) is 0 Å². The fourth-order valence-corrected chi connectivity index (χ4v) is 4.08. The fourth-order valence-electron chi connectivity index (χ4n) is 3.85. The molecule has 1 aliphatic heterocycles. The van der Waals surface area contributed by atoms with Gasteiger partial charge in [-0.2, -0.15) is 12.6 Å². The van der Waals surface area contributed by atoms with Crippen LogP contribution < -0.4 is 0 Å². The third-order valence-electron chi connectivity index (χ3n) is 5.21. The Bertz CT molecular complexity index is 213. The van der Waals surface area contributed by atoms with Gasteiger partial charge in [0.25, 0.3) is 0 Å². The number of likely N-dealkylation sites (tertiary alicyclic amines) is 1. The van der Waals surface area contributed by atoms with Gasteiger partial charge in [0.1, 0.15) is 0 Å². The molecular formula is C16H31NS. The molecule has 1 saturated heterocycles. The first-order chi connectivity index (χ1) is 8.85. The summed E-state index contributed by atoms with van der Waals surface area (Å²) in [5.74, 6) is 1.06. The second kappa shape index (κ2) is 7.79. The Morgan fingerprint density at radius 3 is 2.11 bits per heavy atom. The summed E-state index contributed by atoms with van der Waals surface area (Å²) in [4.78, 5) is 2.72. The average Bonchev–Trinajstić information content (AvgIpc) is 2.42. The highest BCUT2D eigenvalue weighted by molar-refractivity contribution is 7.80. The SMILES string of the molecule is SCCCCCCN1CCC2(CCCCC2)CC1. The highest BCUT2D eigenvalue weighted by Gasteiger charge is 2.35. The molecule has 0 aromatic carbocycles. The number of piperidine rings is 1. The molecule has 2 aliphatic rings. The van der Waals surface area contributed by atoms with E-state index in [0.717, 1.165) is 11.2 Å². The molecule has 1 spiro atoms. The van der Waals surface area contributed by atoms with Crippen LogP contribution in [0.1, 0.15) is 70.6 Å². The zero-order valence-corrected chi connectivity index (χ0v) is 12.9. The molecule has 1 saturated carbocycles. The molecule has 0 radical (unpaired) electrons. The highest BCUT2D eigenvalue weighted by atomic mass is 32.1. The van der Waals surface area contributed by atoms with Gasteiger partial charge in [-0.3, -0.25) is 0 Å². The molecule has 1 heterocycles. The van der Waals surface area contributed by atoms with Crippen molar-refractivity contribution >= 4 is 12.6 Å². The Morgan fingerprint density at radius 1 is 0.778 bits per heavy atom. The lowest BCUT2D eigenvalue weighted by Crippen LogP contribution is -2.41. The summed E-state index contributed by atoms with van der Waals surface area (Å²) in [5.41, 5.74) is 0.779. The van der Waals surface area contributed by atoms with Gasteiger partial charge in [0.15, 0.2) is 0 Å². The molecule has 1 nitrogen and oxygen atoms in total. The van der Waals surface area contributed by atoms with Crippen molar-refractivity contribution in [1.29, 1.82) is 0 Å². The summed E-state index contributed by atoms with van der Waals surface area (Å²) in [6.45, 7) is 4.11. The maximum absolute atomic E-state index is 4.27. The van der Waals surface area contributed by atoms with Crippen molar-refractivity contribution < 1.29 is 0 Å². The maximum Gasteiger partial charge on any atom is -0.00134 e. The molecule has 0 N–H and O–H groups in total. The third kappa shape index (κ3) is 4.45. The predicted molar refractivity (Wildman–Crippen MR) is 83.5 cm³/mol. The van der Waals surface area contributed by atoms with Crippen molar-refractivity contribution in [2.45, 2.75) is 70.6 Å². The van der Waals surface area contributed by atoms with E-state index >= 15 is 0 Å². The number of hydrogen-bond acceptors (Lipinski definition) is 2. The normalized spacial score (nSPS) is 24.5. The monoisotopic (exact) mass is 269 g/mol. The standard InChI is InChI=1S/C16H31NS/c18-15-7-2-1-6-12-17-13-10-16(11-14-17)8-4-3-5-9-16/h18H,1-15H2. The number of hydrogen-bond donors (Lipinski definition) is 1. The van der Waals surface area contributed by atoms with E-state index in [4.69, 9.17) is 0 Å². The van der Waals surface area contributed by atoms with Crippen LogP contribution in [0.4, 0.5) is 0 Å². The minimum absolute atomic E-state index is 0.779. The van der Waals surface area contributed by atoms with Gasteiger partial charge < -0.3 is 4.90 Å². The summed E-state index contributed by atoms with van der Waals surface area (Å²) in [5, 5.41) is 0. The van der Waals surface area contributed by atoms with Gasteiger partial charge >= 0.3 is 0 Å². The Hall–Kier alpha value is 0.310. The number of unbranched alkanes of at least 4 members (excludes halogenated alkanes) is 3. The van der Waals surface area contributed by atoms with E-state index in [-0.39, 0.29) is 0 Å². The fraction of sp³-hybridized carbons (Fsp3) is 1.00. The van der Waals surface area contributed by atoms with Crippen LogP contribution in [0.3, 0.4) is 0 Å². The Labute approximate surface area is 119 Å². The van der Waals surface area contributed by atoms with Crippen molar-refractivity contribution in [3.05, 3.63) is 0 Å². The van der Waals surface area contributed by atoms with Crippen molar-refractivity contribution in [2.24, 2.45) is 5.41 Å². The molecular weight excluding hydrogens is 238 g/mol. The van der Waals surface area contributed by atoms with Crippen molar-refractivity contribution in [1.82, 2.24) is 4.90 Å². The smallest absolute Gasteiger partial charge is 0.00134 e. The van der Waals surface area contributed by atoms with E-state index in [1.807, 2.05) is 0 Å². The molecule has 2 heteroatoms. The van der Waals surface area contributed by atoms with E-state index < -0.39 is 0 Å². The lowest BCUT2D eigenvalue weighted by atomic mass is 9.68. The zero-order chi connectivity index (χ0) is 12.7. The second-order valence-corrected chi connectivity index (χ2v) is 6.99. The van der Waals surface area contributed by atoms with Crippen LogP contribution >= 0.6 is 12.6 Å².